The lowest BCUT2D eigenvalue weighted by atomic mass is 10.1. The molecule has 0 aromatic carbocycles. The molecule has 3 N–H and O–H groups in total. The highest BCUT2D eigenvalue weighted by Crippen LogP contribution is 2.18. The minimum absolute atomic E-state index is 0.0209. The van der Waals surface area contributed by atoms with Gasteiger partial charge in [-0.15, -0.1) is 0 Å². The molecule has 0 aliphatic heterocycles. The monoisotopic (exact) mass is 276 g/mol. The first-order chi connectivity index (χ1) is 9.69. The second kappa shape index (κ2) is 6.67. The summed E-state index contributed by atoms with van der Waals surface area (Å²) in [7, 11) is 1.97. The van der Waals surface area contributed by atoms with Gasteiger partial charge in [0.1, 0.15) is 0 Å². The summed E-state index contributed by atoms with van der Waals surface area (Å²) in [5.41, 5.74) is 4.95. The lowest BCUT2D eigenvalue weighted by Gasteiger charge is -2.15. The maximum absolute atomic E-state index is 5.67. The number of nitrogens with one attached hydrogen (secondary N) is 1. The van der Waals surface area contributed by atoms with Crippen molar-refractivity contribution in [3.05, 3.63) is 36.2 Å². The summed E-state index contributed by atoms with van der Waals surface area (Å²) in [5.74, 6) is 5.67. The number of nitrogens with zero attached hydrogens (tertiary/aromatic N) is 4. The van der Waals surface area contributed by atoms with Crippen LogP contribution in [0.3, 0.4) is 0 Å². The summed E-state index contributed by atoms with van der Waals surface area (Å²) in [6.45, 7) is 4.38. The molecule has 2 aromatic heterocycles. The summed E-state index contributed by atoms with van der Waals surface area (Å²) in [4.78, 5) is 4.13. The molecule has 110 valence electrons. The molecule has 0 fully saturated rings. The van der Waals surface area contributed by atoms with E-state index in [1.54, 1.807) is 6.33 Å². The van der Waals surface area contributed by atoms with E-state index in [9.17, 15) is 0 Å². The van der Waals surface area contributed by atoms with E-state index < -0.39 is 0 Å². The third kappa shape index (κ3) is 3.08. The van der Waals surface area contributed by atoms with Gasteiger partial charge in [-0.3, -0.25) is 16.0 Å². The van der Waals surface area contributed by atoms with Crippen molar-refractivity contribution in [1.29, 1.82) is 0 Å². The summed E-state index contributed by atoms with van der Waals surface area (Å²) < 4.78 is 4.04. The van der Waals surface area contributed by atoms with E-state index >= 15 is 0 Å². The molecular weight excluding hydrogens is 252 g/mol. The van der Waals surface area contributed by atoms with E-state index in [0.717, 1.165) is 30.7 Å². The number of aromatic nitrogens is 4. The van der Waals surface area contributed by atoms with E-state index in [2.05, 4.69) is 46.3 Å². The second-order valence-corrected chi connectivity index (χ2v) is 5.11. The number of nitrogens with two attached hydrogens (primary N) is 1. The fourth-order valence-corrected chi connectivity index (χ4v) is 2.51. The minimum atomic E-state index is 0.0209. The Hall–Kier alpha value is -1.66. The van der Waals surface area contributed by atoms with Crippen LogP contribution in [0.5, 0.6) is 0 Å². The van der Waals surface area contributed by atoms with Crippen LogP contribution >= 0.6 is 0 Å². The SMILES string of the molecule is CCC(CC)n1ccc(CC(NN)c2cncn2C)n1. The van der Waals surface area contributed by atoms with Crippen LogP contribution in [0.2, 0.25) is 0 Å². The van der Waals surface area contributed by atoms with Gasteiger partial charge >= 0.3 is 0 Å². The van der Waals surface area contributed by atoms with Gasteiger partial charge in [-0.1, -0.05) is 13.8 Å². The zero-order valence-corrected chi connectivity index (χ0v) is 12.5. The molecule has 0 aliphatic rings. The second-order valence-electron chi connectivity index (χ2n) is 5.11. The highest BCUT2D eigenvalue weighted by atomic mass is 15.3. The van der Waals surface area contributed by atoms with Gasteiger partial charge in [-0.05, 0) is 18.9 Å². The topological polar surface area (TPSA) is 73.7 Å². The van der Waals surface area contributed by atoms with Gasteiger partial charge in [0.2, 0.25) is 0 Å². The number of imidazole rings is 1. The van der Waals surface area contributed by atoms with E-state index in [0.29, 0.717) is 6.04 Å². The van der Waals surface area contributed by atoms with Crippen LogP contribution in [0.4, 0.5) is 0 Å². The average molecular weight is 276 g/mol. The molecule has 0 radical (unpaired) electrons. The molecule has 2 heterocycles. The Morgan fingerprint density at radius 3 is 2.65 bits per heavy atom. The molecular formula is C14H24N6. The first-order valence-corrected chi connectivity index (χ1v) is 7.15. The predicted molar refractivity (Wildman–Crippen MR) is 78.8 cm³/mol. The summed E-state index contributed by atoms with van der Waals surface area (Å²) >= 11 is 0. The quantitative estimate of drug-likeness (QED) is 0.596. The van der Waals surface area contributed by atoms with Gasteiger partial charge in [0.15, 0.2) is 0 Å². The van der Waals surface area contributed by atoms with Crippen LogP contribution in [0.1, 0.15) is 50.2 Å². The van der Waals surface area contributed by atoms with Crippen LogP contribution < -0.4 is 11.3 Å². The molecule has 0 saturated heterocycles. The number of hydrazine groups is 1. The molecule has 1 atom stereocenters. The molecule has 0 aliphatic carbocycles. The Kier molecular flexibility index (Phi) is 4.92. The van der Waals surface area contributed by atoms with E-state index in [1.165, 1.54) is 0 Å². The molecule has 2 aromatic rings. The molecule has 0 spiro atoms. The largest absolute Gasteiger partial charge is 0.336 e. The van der Waals surface area contributed by atoms with Gasteiger partial charge in [0.25, 0.3) is 0 Å². The van der Waals surface area contributed by atoms with Crippen molar-refractivity contribution >= 4 is 0 Å². The van der Waals surface area contributed by atoms with Gasteiger partial charge < -0.3 is 4.57 Å². The van der Waals surface area contributed by atoms with Crippen LogP contribution in [0.25, 0.3) is 0 Å². The van der Waals surface area contributed by atoms with Crippen LogP contribution in [-0.2, 0) is 13.5 Å². The number of aryl methyl sites for hydroxylation is 1. The van der Waals surface area contributed by atoms with Crippen molar-refractivity contribution in [2.45, 2.75) is 45.2 Å². The number of hydrogen-bond donors (Lipinski definition) is 2. The highest BCUT2D eigenvalue weighted by molar-refractivity contribution is 5.11. The Balaban J connectivity index is 2.11. The molecule has 6 nitrogen and oxygen atoms in total. The zero-order valence-electron chi connectivity index (χ0n) is 12.5. The van der Waals surface area contributed by atoms with E-state index in [4.69, 9.17) is 5.84 Å². The Morgan fingerprint density at radius 2 is 2.10 bits per heavy atom. The smallest absolute Gasteiger partial charge is 0.0946 e. The maximum atomic E-state index is 5.67. The molecule has 20 heavy (non-hydrogen) atoms. The maximum Gasteiger partial charge on any atom is 0.0946 e. The highest BCUT2D eigenvalue weighted by Gasteiger charge is 2.16. The predicted octanol–water partition coefficient (Wildman–Crippen LogP) is 1.72. The number of hydrogen-bond acceptors (Lipinski definition) is 4. The van der Waals surface area contributed by atoms with Gasteiger partial charge in [-0.2, -0.15) is 5.10 Å². The third-order valence-electron chi connectivity index (χ3n) is 3.81. The van der Waals surface area contributed by atoms with Crippen molar-refractivity contribution in [3.8, 4) is 0 Å². The van der Waals surface area contributed by atoms with Crippen LogP contribution in [-0.4, -0.2) is 19.3 Å². The summed E-state index contributed by atoms with van der Waals surface area (Å²) in [5, 5.41) is 4.67. The molecule has 0 amide bonds. The van der Waals surface area contributed by atoms with E-state index in [1.807, 2.05) is 17.8 Å². The normalized spacial score (nSPS) is 13.1. The molecule has 0 saturated carbocycles. The third-order valence-corrected chi connectivity index (χ3v) is 3.81. The summed E-state index contributed by atoms with van der Waals surface area (Å²) in [6, 6.07) is 2.57. The lowest BCUT2D eigenvalue weighted by molar-refractivity contribution is 0.421. The average Bonchev–Trinajstić information content (AvgIpc) is 3.07. The zero-order chi connectivity index (χ0) is 14.5. The van der Waals surface area contributed by atoms with Gasteiger partial charge in [0.05, 0.1) is 29.8 Å². The molecule has 1 unspecified atom stereocenters. The van der Waals surface area contributed by atoms with Crippen LogP contribution in [0.15, 0.2) is 24.8 Å². The lowest BCUT2D eigenvalue weighted by Crippen LogP contribution is -2.31. The van der Waals surface area contributed by atoms with Crippen molar-refractivity contribution in [2.24, 2.45) is 12.9 Å². The van der Waals surface area contributed by atoms with Crippen molar-refractivity contribution in [2.75, 3.05) is 0 Å². The molecule has 2 rings (SSSR count). The van der Waals surface area contributed by atoms with Crippen LogP contribution in [0, 0.1) is 0 Å². The standard InChI is InChI=1S/C14H24N6/c1-4-12(5-2)20-7-6-11(18-20)8-13(17-15)14-9-16-10-19(14)3/h6-7,9-10,12-13,17H,4-5,8,15H2,1-3H3. The van der Waals surface area contributed by atoms with Crippen molar-refractivity contribution < 1.29 is 0 Å². The molecule has 0 bridgehead atoms. The number of rotatable bonds is 7. The fraction of sp³-hybridized carbons (Fsp3) is 0.571. The molecule has 6 heteroatoms. The van der Waals surface area contributed by atoms with Crippen molar-refractivity contribution in [1.82, 2.24) is 24.8 Å². The first-order valence-electron chi connectivity index (χ1n) is 7.15. The minimum Gasteiger partial charge on any atom is -0.336 e. The van der Waals surface area contributed by atoms with E-state index in [-0.39, 0.29) is 6.04 Å². The Labute approximate surface area is 120 Å². The van der Waals surface area contributed by atoms with Gasteiger partial charge in [0, 0.05) is 25.9 Å². The first kappa shape index (κ1) is 14.7. The van der Waals surface area contributed by atoms with Crippen molar-refractivity contribution in [3.63, 3.8) is 0 Å². The fourth-order valence-electron chi connectivity index (χ4n) is 2.51. The Bertz CT molecular complexity index is 525. The van der Waals surface area contributed by atoms with Gasteiger partial charge in [-0.25, -0.2) is 4.98 Å². The summed E-state index contributed by atoms with van der Waals surface area (Å²) in [6.07, 6.45) is 8.62. The Morgan fingerprint density at radius 1 is 1.35 bits per heavy atom.